The molecule has 4 nitrogen and oxygen atoms in total. The Morgan fingerprint density at radius 2 is 2.19 bits per heavy atom. The minimum absolute atomic E-state index is 0.154. The average Bonchev–Trinajstić information content (AvgIpc) is 2.23. The van der Waals surface area contributed by atoms with Crippen molar-refractivity contribution in [3.63, 3.8) is 0 Å². The van der Waals surface area contributed by atoms with Gasteiger partial charge >= 0.3 is 6.09 Å². The lowest BCUT2D eigenvalue weighted by atomic mass is 10.0. The molecule has 86 valence electrons. The van der Waals surface area contributed by atoms with E-state index in [1.54, 1.807) is 0 Å². The predicted molar refractivity (Wildman–Crippen MR) is 61.3 cm³/mol. The number of likely N-dealkylation sites (tertiary alicyclic amines) is 1. The zero-order chi connectivity index (χ0) is 11.4. The van der Waals surface area contributed by atoms with E-state index in [-0.39, 0.29) is 6.04 Å². The number of rotatable bonds is 4. The molecule has 1 unspecified atom stereocenters. The largest absolute Gasteiger partial charge is 0.465 e. The van der Waals surface area contributed by atoms with Gasteiger partial charge in [-0.3, -0.25) is 0 Å². The summed E-state index contributed by atoms with van der Waals surface area (Å²) in [7, 11) is 0. The second-order valence-electron chi connectivity index (χ2n) is 4.03. The molecule has 1 aliphatic heterocycles. The van der Waals surface area contributed by atoms with Crippen molar-refractivity contribution >= 4 is 6.09 Å². The highest BCUT2D eigenvalue weighted by atomic mass is 16.4. The summed E-state index contributed by atoms with van der Waals surface area (Å²) in [5, 5.41) is 12.1. The molecule has 0 bridgehead atoms. The molecule has 16 heavy (non-hydrogen) atoms. The summed E-state index contributed by atoms with van der Waals surface area (Å²) < 4.78 is 0. The molecule has 2 rings (SSSR count). The first-order valence-corrected chi connectivity index (χ1v) is 5.51. The molecule has 0 saturated carbocycles. The van der Waals surface area contributed by atoms with Crippen molar-refractivity contribution in [2.75, 3.05) is 13.1 Å². The fourth-order valence-electron chi connectivity index (χ4n) is 1.88. The standard InChI is InChI=1S/C12H16N2O2/c15-12(16)14-7-6-11(14)9-13-8-10-4-2-1-3-5-10/h1-5,11,13H,6-9H2,(H,15,16). The van der Waals surface area contributed by atoms with Crippen molar-refractivity contribution in [3.8, 4) is 0 Å². The number of nitrogens with one attached hydrogen (secondary N) is 1. The Bertz CT molecular complexity index is 353. The van der Waals surface area contributed by atoms with E-state index in [1.807, 2.05) is 18.2 Å². The van der Waals surface area contributed by atoms with Crippen molar-refractivity contribution in [1.29, 1.82) is 0 Å². The molecule has 0 radical (unpaired) electrons. The van der Waals surface area contributed by atoms with Gasteiger partial charge in [-0.2, -0.15) is 0 Å². The minimum Gasteiger partial charge on any atom is -0.465 e. The predicted octanol–water partition coefficient (Wildman–Crippen LogP) is 1.53. The van der Waals surface area contributed by atoms with Crippen LogP contribution in [-0.2, 0) is 6.54 Å². The van der Waals surface area contributed by atoms with Gasteiger partial charge in [0.05, 0.1) is 0 Å². The van der Waals surface area contributed by atoms with Crippen LogP contribution in [0.5, 0.6) is 0 Å². The molecule has 1 fully saturated rings. The van der Waals surface area contributed by atoms with Crippen LogP contribution >= 0.6 is 0 Å². The van der Waals surface area contributed by atoms with Crippen LogP contribution in [0.25, 0.3) is 0 Å². The van der Waals surface area contributed by atoms with E-state index < -0.39 is 6.09 Å². The van der Waals surface area contributed by atoms with Crippen molar-refractivity contribution in [1.82, 2.24) is 10.2 Å². The molecule has 1 saturated heterocycles. The van der Waals surface area contributed by atoms with Gasteiger partial charge < -0.3 is 15.3 Å². The average molecular weight is 220 g/mol. The first kappa shape index (κ1) is 11.0. The van der Waals surface area contributed by atoms with Crippen LogP contribution in [0.1, 0.15) is 12.0 Å². The van der Waals surface area contributed by atoms with Crippen LogP contribution in [0, 0.1) is 0 Å². The smallest absolute Gasteiger partial charge is 0.407 e. The van der Waals surface area contributed by atoms with Crippen LogP contribution in [0.15, 0.2) is 30.3 Å². The van der Waals surface area contributed by atoms with E-state index in [1.165, 1.54) is 10.5 Å². The number of nitrogens with zero attached hydrogens (tertiary/aromatic N) is 1. The van der Waals surface area contributed by atoms with Crippen molar-refractivity contribution in [2.45, 2.75) is 19.0 Å². The maximum atomic E-state index is 10.7. The van der Waals surface area contributed by atoms with Gasteiger partial charge in [0.2, 0.25) is 0 Å². The molecule has 0 spiro atoms. The summed E-state index contributed by atoms with van der Waals surface area (Å²) in [6.07, 6.45) is 0.159. The molecule has 1 aliphatic rings. The maximum absolute atomic E-state index is 10.7. The van der Waals surface area contributed by atoms with Gasteiger partial charge in [-0.15, -0.1) is 0 Å². The Labute approximate surface area is 94.9 Å². The molecule has 0 aromatic heterocycles. The molecular formula is C12H16N2O2. The summed E-state index contributed by atoms with van der Waals surface area (Å²) >= 11 is 0. The Morgan fingerprint density at radius 3 is 2.75 bits per heavy atom. The van der Waals surface area contributed by atoms with Gasteiger partial charge in [0, 0.05) is 25.7 Å². The lowest BCUT2D eigenvalue weighted by Gasteiger charge is -2.38. The Balaban J connectivity index is 1.71. The number of carboxylic acid groups (broad SMARTS) is 1. The van der Waals surface area contributed by atoms with Gasteiger partial charge in [-0.05, 0) is 12.0 Å². The van der Waals surface area contributed by atoms with E-state index in [0.717, 1.165) is 19.5 Å². The molecule has 1 amide bonds. The highest BCUT2D eigenvalue weighted by molar-refractivity contribution is 5.66. The zero-order valence-electron chi connectivity index (χ0n) is 9.10. The van der Waals surface area contributed by atoms with Gasteiger partial charge in [0.25, 0.3) is 0 Å². The summed E-state index contributed by atoms with van der Waals surface area (Å²) in [6.45, 7) is 2.21. The van der Waals surface area contributed by atoms with E-state index >= 15 is 0 Å². The van der Waals surface area contributed by atoms with E-state index in [4.69, 9.17) is 5.11 Å². The first-order valence-electron chi connectivity index (χ1n) is 5.51. The lowest BCUT2D eigenvalue weighted by molar-refractivity contribution is 0.0751. The zero-order valence-corrected chi connectivity index (χ0v) is 9.10. The van der Waals surface area contributed by atoms with Gasteiger partial charge in [-0.25, -0.2) is 4.79 Å². The highest BCUT2D eigenvalue weighted by Gasteiger charge is 2.31. The first-order chi connectivity index (χ1) is 7.77. The SMILES string of the molecule is O=C(O)N1CCC1CNCc1ccccc1. The summed E-state index contributed by atoms with van der Waals surface area (Å²) in [5.41, 5.74) is 1.23. The number of carbonyl (C=O) groups is 1. The van der Waals surface area contributed by atoms with E-state index in [0.29, 0.717) is 6.54 Å². The highest BCUT2D eigenvalue weighted by Crippen LogP contribution is 2.16. The maximum Gasteiger partial charge on any atom is 0.407 e. The molecule has 1 aromatic rings. The second kappa shape index (κ2) is 4.99. The Kier molecular flexibility index (Phi) is 3.41. The normalized spacial score (nSPS) is 19.2. The quantitative estimate of drug-likeness (QED) is 0.809. The summed E-state index contributed by atoms with van der Waals surface area (Å²) in [6, 6.07) is 10.3. The van der Waals surface area contributed by atoms with Crippen LogP contribution in [0.3, 0.4) is 0 Å². The fraction of sp³-hybridized carbons (Fsp3) is 0.417. The second-order valence-corrected chi connectivity index (χ2v) is 4.03. The van der Waals surface area contributed by atoms with Crippen LogP contribution in [0.4, 0.5) is 4.79 Å². The van der Waals surface area contributed by atoms with Crippen LogP contribution in [-0.4, -0.2) is 35.2 Å². The van der Waals surface area contributed by atoms with Gasteiger partial charge in [-0.1, -0.05) is 30.3 Å². The topological polar surface area (TPSA) is 52.6 Å². The van der Waals surface area contributed by atoms with E-state index in [9.17, 15) is 4.79 Å². The Hall–Kier alpha value is -1.55. The third-order valence-corrected chi connectivity index (χ3v) is 2.94. The lowest BCUT2D eigenvalue weighted by Crippen LogP contribution is -2.54. The number of benzene rings is 1. The van der Waals surface area contributed by atoms with Crippen molar-refractivity contribution < 1.29 is 9.90 Å². The number of amides is 1. The monoisotopic (exact) mass is 220 g/mol. The van der Waals surface area contributed by atoms with Crippen molar-refractivity contribution in [2.24, 2.45) is 0 Å². The van der Waals surface area contributed by atoms with Crippen LogP contribution < -0.4 is 5.32 Å². The molecule has 1 atom stereocenters. The minimum atomic E-state index is -0.808. The summed E-state index contributed by atoms with van der Waals surface area (Å²) in [4.78, 5) is 12.2. The Morgan fingerprint density at radius 1 is 1.44 bits per heavy atom. The van der Waals surface area contributed by atoms with Crippen molar-refractivity contribution in [3.05, 3.63) is 35.9 Å². The molecule has 4 heteroatoms. The summed E-state index contributed by atoms with van der Waals surface area (Å²) in [5.74, 6) is 0. The number of hydrogen-bond donors (Lipinski definition) is 2. The van der Waals surface area contributed by atoms with E-state index in [2.05, 4.69) is 17.4 Å². The molecule has 0 aliphatic carbocycles. The molecular weight excluding hydrogens is 204 g/mol. The molecule has 1 heterocycles. The van der Waals surface area contributed by atoms with Crippen LogP contribution in [0.2, 0.25) is 0 Å². The van der Waals surface area contributed by atoms with Gasteiger partial charge in [0.15, 0.2) is 0 Å². The van der Waals surface area contributed by atoms with Gasteiger partial charge in [0.1, 0.15) is 0 Å². The molecule has 2 N–H and O–H groups in total. The third kappa shape index (κ3) is 2.52. The number of hydrogen-bond acceptors (Lipinski definition) is 2. The third-order valence-electron chi connectivity index (χ3n) is 2.94. The molecule has 1 aromatic carbocycles. The fourth-order valence-corrected chi connectivity index (χ4v) is 1.88.